The van der Waals surface area contributed by atoms with Crippen molar-refractivity contribution in [3.63, 3.8) is 0 Å². The minimum absolute atomic E-state index is 0.196. The molecule has 6 heteroatoms. The summed E-state index contributed by atoms with van der Waals surface area (Å²) in [5.41, 5.74) is 3.09. The number of nitrogens with one attached hydrogen (secondary N) is 1. The van der Waals surface area contributed by atoms with E-state index in [0.717, 1.165) is 11.4 Å². The van der Waals surface area contributed by atoms with Crippen LogP contribution in [0.4, 0.5) is 5.69 Å². The zero-order valence-electron chi connectivity index (χ0n) is 14.4. The molecule has 3 rings (SSSR count). The van der Waals surface area contributed by atoms with Crippen molar-refractivity contribution >= 4 is 11.6 Å². The summed E-state index contributed by atoms with van der Waals surface area (Å²) in [6, 6.07) is 14.6. The van der Waals surface area contributed by atoms with Crippen molar-refractivity contribution in [2.45, 2.75) is 19.8 Å². The fraction of sp³-hybridized carbons (Fsp3) is 0.211. The Morgan fingerprint density at radius 3 is 2.72 bits per heavy atom. The molecule has 0 radical (unpaired) electrons. The number of ether oxygens (including phenoxy) is 1. The molecule has 6 nitrogen and oxygen atoms in total. The highest BCUT2D eigenvalue weighted by Gasteiger charge is 2.11. The molecule has 25 heavy (non-hydrogen) atoms. The minimum Gasteiger partial charge on any atom is -0.497 e. The first kappa shape index (κ1) is 16.7. The van der Waals surface area contributed by atoms with Gasteiger partial charge in [-0.25, -0.2) is 4.68 Å². The molecule has 1 N–H and O–H groups in total. The summed E-state index contributed by atoms with van der Waals surface area (Å²) in [4.78, 5) is 12.5. The van der Waals surface area contributed by atoms with Crippen molar-refractivity contribution in [3.05, 3.63) is 66.0 Å². The molecule has 1 aromatic heterocycles. The number of anilines is 1. The van der Waals surface area contributed by atoms with Crippen LogP contribution in [-0.2, 0) is 0 Å². The van der Waals surface area contributed by atoms with Gasteiger partial charge in [-0.2, -0.15) is 0 Å². The lowest BCUT2D eigenvalue weighted by molar-refractivity contribution is 0.102. The van der Waals surface area contributed by atoms with E-state index in [-0.39, 0.29) is 5.91 Å². The third kappa shape index (κ3) is 3.68. The largest absolute Gasteiger partial charge is 0.497 e. The van der Waals surface area contributed by atoms with Gasteiger partial charge in [-0.05, 0) is 42.3 Å². The minimum atomic E-state index is -0.196. The highest BCUT2D eigenvalue weighted by Crippen LogP contribution is 2.21. The summed E-state index contributed by atoms with van der Waals surface area (Å²) in [5.74, 6) is 0.745. The van der Waals surface area contributed by atoms with Crippen LogP contribution in [0.2, 0.25) is 0 Å². The average molecular weight is 336 g/mol. The summed E-state index contributed by atoms with van der Waals surface area (Å²) in [6.07, 6.45) is 1.76. The maximum absolute atomic E-state index is 12.5. The second-order valence-corrected chi connectivity index (χ2v) is 5.96. The summed E-state index contributed by atoms with van der Waals surface area (Å²) in [5, 5.41) is 11.0. The number of hydrogen-bond donors (Lipinski definition) is 1. The molecular weight excluding hydrogens is 316 g/mol. The third-order valence-electron chi connectivity index (χ3n) is 3.85. The first-order valence-corrected chi connectivity index (χ1v) is 8.05. The molecule has 0 saturated carbocycles. The van der Waals surface area contributed by atoms with E-state index in [2.05, 4.69) is 29.5 Å². The van der Waals surface area contributed by atoms with Crippen LogP contribution in [0.15, 0.2) is 54.7 Å². The molecule has 0 atom stereocenters. The number of carbonyl (C=O) groups is 1. The van der Waals surface area contributed by atoms with E-state index in [4.69, 9.17) is 4.74 Å². The van der Waals surface area contributed by atoms with Crippen LogP contribution in [0, 0.1) is 0 Å². The van der Waals surface area contributed by atoms with Gasteiger partial charge in [0.15, 0.2) is 0 Å². The molecule has 1 amide bonds. The van der Waals surface area contributed by atoms with E-state index in [0.29, 0.717) is 22.9 Å². The molecule has 0 spiro atoms. The fourth-order valence-electron chi connectivity index (χ4n) is 2.52. The van der Waals surface area contributed by atoms with Gasteiger partial charge >= 0.3 is 0 Å². The zero-order valence-corrected chi connectivity index (χ0v) is 14.4. The lowest BCUT2D eigenvalue weighted by Gasteiger charge is -2.11. The molecule has 3 aromatic rings. The normalized spacial score (nSPS) is 10.7. The van der Waals surface area contributed by atoms with E-state index in [1.807, 2.05) is 24.3 Å². The van der Waals surface area contributed by atoms with Crippen molar-refractivity contribution in [2.24, 2.45) is 0 Å². The van der Waals surface area contributed by atoms with Gasteiger partial charge < -0.3 is 10.1 Å². The first-order valence-electron chi connectivity index (χ1n) is 8.05. The van der Waals surface area contributed by atoms with Gasteiger partial charge in [0.1, 0.15) is 5.75 Å². The highest BCUT2D eigenvalue weighted by atomic mass is 16.5. The number of rotatable bonds is 5. The molecule has 0 aliphatic rings. The van der Waals surface area contributed by atoms with Crippen molar-refractivity contribution in [2.75, 3.05) is 12.4 Å². The lowest BCUT2D eigenvalue weighted by atomic mass is 10.1. The van der Waals surface area contributed by atoms with Gasteiger partial charge in [0.2, 0.25) is 0 Å². The van der Waals surface area contributed by atoms with Gasteiger partial charge in [-0.3, -0.25) is 4.79 Å². The molecule has 0 aliphatic carbocycles. The molecule has 128 valence electrons. The number of nitrogens with zero attached hydrogens (tertiary/aromatic N) is 3. The number of hydrogen-bond acceptors (Lipinski definition) is 4. The van der Waals surface area contributed by atoms with Crippen molar-refractivity contribution in [1.29, 1.82) is 0 Å². The van der Waals surface area contributed by atoms with Gasteiger partial charge in [0.05, 0.1) is 24.7 Å². The molecule has 0 saturated heterocycles. The molecule has 0 unspecified atom stereocenters. The number of aromatic nitrogens is 3. The number of methoxy groups -OCH3 is 1. The smallest absolute Gasteiger partial charge is 0.255 e. The Hall–Kier alpha value is -3.15. The lowest BCUT2D eigenvalue weighted by Crippen LogP contribution is -2.12. The maximum atomic E-state index is 12.5. The van der Waals surface area contributed by atoms with E-state index in [9.17, 15) is 4.79 Å². The summed E-state index contributed by atoms with van der Waals surface area (Å²) >= 11 is 0. The van der Waals surface area contributed by atoms with Crippen LogP contribution in [0.25, 0.3) is 5.69 Å². The third-order valence-corrected chi connectivity index (χ3v) is 3.85. The monoisotopic (exact) mass is 336 g/mol. The molecule has 0 bridgehead atoms. The SMILES string of the molecule is COc1cccc(C(=O)Nc2cccc(-n3nncc3C(C)C)c2)c1. The van der Waals surface area contributed by atoms with Crippen LogP contribution >= 0.6 is 0 Å². The maximum Gasteiger partial charge on any atom is 0.255 e. The van der Waals surface area contributed by atoms with Crippen molar-refractivity contribution < 1.29 is 9.53 Å². The van der Waals surface area contributed by atoms with Crippen LogP contribution in [0.3, 0.4) is 0 Å². The molecular formula is C19H20N4O2. The Morgan fingerprint density at radius 1 is 1.16 bits per heavy atom. The predicted molar refractivity (Wildman–Crippen MR) is 96.4 cm³/mol. The van der Waals surface area contributed by atoms with Gasteiger partial charge in [0, 0.05) is 11.3 Å². The van der Waals surface area contributed by atoms with Crippen molar-refractivity contribution in [1.82, 2.24) is 15.0 Å². The van der Waals surface area contributed by atoms with Gasteiger partial charge in [-0.15, -0.1) is 5.10 Å². The average Bonchev–Trinajstić information content (AvgIpc) is 3.12. The first-order chi connectivity index (χ1) is 12.1. The zero-order chi connectivity index (χ0) is 17.8. The molecule has 2 aromatic carbocycles. The second-order valence-electron chi connectivity index (χ2n) is 5.96. The Morgan fingerprint density at radius 2 is 1.96 bits per heavy atom. The van der Waals surface area contributed by atoms with E-state index in [1.54, 1.807) is 42.3 Å². The van der Waals surface area contributed by atoms with Crippen LogP contribution in [0.1, 0.15) is 35.8 Å². The Balaban J connectivity index is 1.84. The Kier molecular flexibility index (Phi) is 4.79. The van der Waals surface area contributed by atoms with Crippen LogP contribution in [0.5, 0.6) is 5.75 Å². The Labute approximate surface area is 146 Å². The van der Waals surface area contributed by atoms with Crippen molar-refractivity contribution in [3.8, 4) is 11.4 Å². The second kappa shape index (κ2) is 7.17. The predicted octanol–water partition coefficient (Wildman–Crippen LogP) is 3.65. The number of carbonyl (C=O) groups excluding carboxylic acids is 1. The van der Waals surface area contributed by atoms with Gasteiger partial charge in [-0.1, -0.05) is 31.2 Å². The number of amides is 1. The highest BCUT2D eigenvalue weighted by molar-refractivity contribution is 6.04. The van der Waals surface area contributed by atoms with E-state index < -0.39 is 0 Å². The summed E-state index contributed by atoms with van der Waals surface area (Å²) in [7, 11) is 1.57. The number of benzene rings is 2. The molecule has 1 heterocycles. The summed E-state index contributed by atoms with van der Waals surface area (Å²) in [6.45, 7) is 4.17. The standard InChI is InChI=1S/C19H20N4O2/c1-13(2)18-12-20-22-23(18)16-8-5-7-15(11-16)21-19(24)14-6-4-9-17(10-14)25-3/h4-13H,1-3H3,(H,21,24). The van der Waals surface area contributed by atoms with Crippen LogP contribution in [-0.4, -0.2) is 28.0 Å². The fourth-order valence-corrected chi connectivity index (χ4v) is 2.52. The quantitative estimate of drug-likeness (QED) is 0.772. The molecule has 0 aliphatic heterocycles. The molecule has 0 fully saturated rings. The topological polar surface area (TPSA) is 69.0 Å². The summed E-state index contributed by atoms with van der Waals surface area (Å²) < 4.78 is 6.94. The Bertz CT molecular complexity index is 886. The van der Waals surface area contributed by atoms with E-state index in [1.165, 1.54) is 0 Å². The van der Waals surface area contributed by atoms with Gasteiger partial charge in [0.25, 0.3) is 5.91 Å². The van der Waals surface area contributed by atoms with Crippen LogP contribution < -0.4 is 10.1 Å². The van der Waals surface area contributed by atoms with E-state index >= 15 is 0 Å².